The van der Waals surface area contributed by atoms with Crippen LogP contribution >= 0.6 is 0 Å². The average Bonchev–Trinajstić information content (AvgIpc) is 3.05. The first-order valence-corrected chi connectivity index (χ1v) is 8.82. The highest BCUT2D eigenvalue weighted by Crippen LogP contribution is 2.34. The summed E-state index contributed by atoms with van der Waals surface area (Å²) in [4.78, 5) is 24.2. The van der Waals surface area contributed by atoms with E-state index < -0.39 is 17.9 Å². The Balaban J connectivity index is 1.70. The van der Waals surface area contributed by atoms with E-state index in [1.165, 1.54) is 16.5 Å². The maximum Gasteiger partial charge on any atom is 0.313 e. The molecule has 2 atom stereocenters. The van der Waals surface area contributed by atoms with Gasteiger partial charge >= 0.3 is 11.8 Å². The van der Waals surface area contributed by atoms with Gasteiger partial charge in [-0.15, -0.1) is 0 Å². The van der Waals surface area contributed by atoms with Crippen LogP contribution in [0.4, 0.5) is 5.69 Å². The second kappa shape index (κ2) is 7.23. The molecule has 25 heavy (non-hydrogen) atoms. The highest BCUT2D eigenvalue weighted by Gasteiger charge is 2.20. The highest BCUT2D eigenvalue weighted by atomic mass is 16.3. The first-order valence-electron chi connectivity index (χ1n) is 8.82. The van der Waals surface area contributed by atoms with Crippen molar-refractivity contribution >= 4 is 28.3 Å². The smallest absolute Gasteiger partial charge is 0.313 e. The number of anilines is 1. The number of aliphatic hydroxyl groups excluding tert-OH is 1. The van der Waals surface area contributed by atoms with Crippen molar-refractivity contribution in [3.8, 4) is 0 Å². The van der Waals surface area contributed by atoms with Crippen molar-refractivity contribution in [2.24, 2.45) is 5.92 Å². The van der Waals surface area contributed by atoms with Crippen molar-refractivity contribution in [1.29, 1.82) is 0 Å². The Kier molecular flexibility index (Phi) is 5.04. The van der Waals surface area contributed by atoms with E-state index in [1.54, 1.807) is 0 Å². The van der Waals surface area contributed by atoms with E-state index in [0.717, 1.165) is 24.6 Å². The van der Waals surface area contributed by atoms with Gasteiger partial charge in [-0.1, -0.05) is 44.5 Å². The zero-order valence-electron chi connectivity index (χ0n) is 14.6. The molecule has 0 spiro atoms. The van der Waals surface area contributed by atoms with Gasteiger partial charge in [-0.2, -0.15) is 0 Å². The summed E-state index contributed by atoms with van der Waals surface area (Å²) in [7, 11) is 0. The lowest BCUT2D eigenvalue weighted by Crippen LogP contribution is -2.41. The number of aliphatic hydroxyl groups is 1. The van der Waals surface area contributed by atoms with Crippen molar-refractivity contribution in [3.63, 3.8) is 0 Å². The maximum atomic E-state index is 12.2. The van der Waals surface area contributed by atoms with Crippen LogP contribution in [0.5, 0.6) is 0 Å². The number of carbonyl (C=O) groups excluding carboxylic acids is 2. The van der Waals surface area contributed by atoms with Gasteiger partial charge in [0.2, 0.25) is 0 Å². The summed E-state index contributed by atoms with van der Waals surface area (Å²) in [5.74, 6) is -1.37. The Bertz CT molecular complexity index is 806. The molecule has 2 aromatic rings. The lowest BCUT2D eigenvalue weighted by molar-refractivity contribution is -0.136. The molecule has 3 rings (SSSR count). The third-order valence-electron chi connectivity index (χ3n) is 5.10. The highest BCUT2D eigenvalue weighted by molar-refractivity contribution is 6.40. The summed E-state index contributed by atoms with van der Waals surface area (Å²) in [6, 6.07) is 9.91. The van der Waals surface area contributed by atoms with Gasteiger partial charge in [0.05, 0.1) is 6.10 Å². The second-order valence-corrected chi connectivity index (χ2v) is 6.73. The van der Waals surface area contributed by atoms with Gasteiger partial charge in [0.25, 0.3) is 0 Å². The minimum absolute atomic E-state index is 0.0693. The molecule has 3 N–H and O–H groups in total. The number of carbonyl (C=O) groups is 2. The Morgan fingerprint density at radius 3 is 2.56 bits per heavy atom. The summed E-state index contributed by atoms with van der Waals surface area (Å²) in [6.07, 6.45) is 2.18. The molecule has 0 radical (unpaired) electrons. The van der Waals surface area contributed by atoms with Gasteiger partial charge in [0.15, 0.2) is 0 Å². The van der Waals surface area contributed by atoms with E-state index in [9.17, 15) is 14.7 Å². The molecule has 5 heteroatoms. The van der Waals surface area contributed by atoms with E-state index in [-0.39, 0.29) is 12.5 Å². The summed E-state index contributed by atoms with van der Waals surface area (Å²) >= 11 is 0. The molecule has 1 aliphatic carbocycles. The van der Waals surface area contributed by atoms with E-state index in [4.69, 9.17) is 0 Å². The fourth-order valence-electron chi connectivity index (χ4n) is 3.29. The number of hydrogen-bond acceptors (Lipinski definition) is 3. The fraction of sp³-hybridized carbons (Fsp3) is 0.400. The molecule has 0 aliphatic heterocycles. The van der Waals surface area contributed by atoms with Gasteiger partial charge in [-0.3, -0.25) is 9.59 Å². The van der Waals surface area contributed by atoms with Crippen LogP contribution in [0.2, 0.25) is 0 Å². The van der Waals surface area contributed by atoms with Crippen molar-refractivity contribution in [1.82, 2.24) is 5.32 Å². The topological polar surface area (TPSA) is 78.4 Å². The molecule has 0 bridgehead atoms. The first kappa shape index (κ1) is 17.4. The second-order valence-electron chi connectivity index (χ2n) is 6.73. The Morgan fingerprint density at radius 1 is 1.12 bits per heavy atom. The lowest BCUT2D eigenvalue weighted by Gasteiger charge is -2.17. The zero-order valence-corrected chi connectivity index (χ0v) is 14.6. The average molecular weight is 340 g/mol. The summed E-state index contributed by atoms with van der Waals surface area (Å²) in [5, 5.41) is 17.3. The fourth-order valence-corrected chi connectivity index (χ4v) is 3.29. The molecule has 0 aromatic heterocycles. The van der Waals surface area contributed by atoms with Gasteiger partial charge in [-0.05, 0) is 41.3 Å². The largest absolute Gasteiger partial charge is 0.391 e. The van der Waals surface area contributed by atoms with E-state index in [2.05, 4.69) is 16.7 Å². The molecule has 0 fully saturated rings. The molecular weight excluding hydrogens is 316 g/mol. The van der Waals surface area contributed by atoms with Crippen LogP contribution in [-0.2, 0) is 22.4 Å². The molecular formula is C20H24N2O3. The van der Waals surface area contributed by atoms with Crippen molar-refractivity contribution in [2.75, 3.05) is 11.9 Å². The number of rotatable bonds is 5. The molecule has 5 nitrogen and oxygen atoms in total. The van der Waals surface area contributed by atoms with Crippen molar-refractivity contribution < 1.29 is 14.7 Å². The molecule has 0 heterocycles. The van der Waals surface area contributed by atoms with E-state index in [0.29, 0.717) is 5.69 Å². The minimum Gasteiger partial charge on any atom is -0.391 e. The molecule has 132 valence electrons. The molecule has 2 aromatic carbocycles. The van der Waals surface area contributed by atoms with Crippen LogP contribution in [0.15, 0.2) is 30.3 Å². The molecule has 1 aliphatic rings. The first-order chi connectivity index (χ1) is 12.0. The van der Waals surface area contributed by atoms with E-state index >= 15 is 0 Å². The number of aryl methyl sites for hydroxylation is 2. The minimum atomic E-state index is -0.731. The van der Waals surface area contributed by atoms with Gasteiger partial charge in [0.1, 0.15) is 0 Å². The molecule has 0 saturated heterocycles. The van der Waals surface area contributed by atoms with Gasteiger partial charge < -0.3 is 15.7 Å². The Labute approximate surface area is 147 Å². The summed E-state index contributed by atoms with van der Waals surface area (Å²) in [5.41, 5.74) is 3.21. The predicted molar refractivity (Wildman–Crippen MR) is 98.5 cm³/mol. The Hall–Kier alpha value is -2.40. The number of benzene rings is 2. The quantitative estimate of drug-likeness (QED) is 0.731. The predicted octanol–water partition coefficient (Wildman–Crippen LogP) is 2.40. The lowest BCUT2D eigenvalue weighted by atomic mass is 10.0. The SMILES string of the molecule is CCC(C)C(O)CNC(=O)C(=O)Nc1ccc2c3c(cccc13)CC2. The molecule has 0 saturated carbocycles. The number of hydrogen-bond donors (Lipinski definition) is 3. The van der Waals surface area contributed by atoms with Crippen molar-refractivity contribution in [3.05, 3.63) is 41.5 Å². The number of amides is 2. The number of nitrogens with one attached hydrogen (secondary N) is 2. The summed E-state index contributed by atoms with van der Waals surface area (Å²) in [6.45, 7) is 3.95. The normalized spacial score (nSPS) is 15.0. The van der Waals surface area contributed by atoms with Gasteiger partial charge in [-0.25, -0.2) is 0 Å². The van der Waals surface area contributed by atoms with Crippen LogP contribution in [0, 0.1) is 5.92 Å². The van der Waals surface area contributed by atoms with E-state index in [1.807, 2.05) is 38.1 Å². The van der Waals surface area contributed by atoms with Crippen LogP contribution in [0.3, 0.4) is 0 Å². The van der Waals surface area contributed by atoms with Crippen molar-refractivity contribution in [2.45, 2.75) is 39.2 Å². The standard InChI is InChI=1S/C20H24N2O3/c1-3-12(2)17(23)11-21-19(24)20(25)22-16-10-9-14-8-7-13-5-4-6-15(16)18(13)14/h4-6,9-10,12,17,23H,3,7-8,11H2,1-2H3,(H,21,24)(H,22,25). The van der Waals surface area contributed by atoms with Crippen LogP contribution in [0.25, 0.3) is 10.8 Å². The van der Waals surface area contributed by atoms with Gasteiger partial charge in [0, 0.05) is 17.6 Å². The van der Waals surface area contributed by atoms with Crippen LogP contribution < -0.4 is 10.6 Å². The zero-order chi connectivity index (χ0) is 18.0. The summed E-state index contributed by atoms with van der Waals surface area (Å²) < 4.78 is 0. The Morgan fingerprint density at radius 2 is 1.84 bits per heavy atom. The molecule has 2 amide bonds. The maximum absolute atomic E-state index is 12.2. The molecule has 2 unspecified atom stereocenters. The van der Waals surface area contributed by atoms with Crippen LogP contribution in [0.1, 0.15) is 31.4 Å². The third kappa shape index (κ3) is 3.51. The third-order valence-corrected chi connectivity index (χ3v) is 5.10. The van der Waals surface area contributed by atoms with Crippen LogP contribution in [-0.4, -0.2) is 29.6 Å². The monoisotopic (exact) mass is 340 g/mol.